The van der Waals surface area contributed by atoms with Crippen molar-refractivity contribution in [1.82, 2.24) is 0 Å². The first-order valence-corrected chi connectivity index (χ1v) is 7.56. The van der Waals surface area contributed by atoms with Crippen LogP contribution in [-0.4, -0.2) is 6.54 Å². The Morgan fingerprint density at radius 3 is 2.61 bits per heavy atom. The van der Waals surface area contributed by atoms with Gasteiger partial charge in [0.1, 0.15) is 0 Å². The molecule has 0 aliphatic carbocycles. The Hall–Kier alpha value is -0.770. The second-order valence-electron chi connectivity index (χ2n) is 4.16. The highest BCUT2D eigenvalue weighted by Gasteiger charge is 2.12. The van der Waals surface area contributed by atoms with Crippen LogP contribution in [0.25, 0.3) is 0 Å². The minimum absolute atomic E-state index is 0.295. The molecule has 0 bridgehead atoms. The van der Waals surface area contributed by atoms with Crippen LogP contribution in [0.2, 0.25) is 0 Å². The summed E-state index contributed by atoms with van der Waals surface area (Å²) in [5, 5.41) is 0.295. The summed E-state index contributed by atoms with van der Waals surface area (Å²) in [7, 11) is 0. The maximum absolute atomic E-state index is 5.92. The Morgan fingerprint density at radius 1 is 1.17 bits per heavy atom. The molecule has 0 amide bonds. The summed E-state index contributed by atoms with van der Waals surface area (Å²) in [6, 6.07) is 16.8. The zero-order valence-electron chi connectivity index (χ0n) is 10.3. The van der Waals surface area contributed by atoms with Crippen molar-refractivity contribution in [2.45, 2.75) is 17.1 Å². The molecule has 0 aliphatic heterocycles. The molecule has 3 heteroatoms. The van der Waals surface area contributed by atoms with Gasteiger partial charge in [-0.3, -0.25) is 0 Å². The number of nitrogens with two attached hydrogens (primary N) is 1. The second-order valence-corrected chi connectivity index (χ2v) is 6.32. The molecule has 0 radical (unpaired) electrons. The highest BCUT2D eigenvalue weighted by molar-refractivity contribution is 9.10. The number of halogens is 1. The van der Waals surface area contributed by atoms with Crippen molar-refractivity contribution in [3.05, 3.63) is 64.1 Å². The van der Waals surface area contributed by atoms with Crippen LogP contribution in [0, 0.1) is 6.92 Å². The first-order valence-electron chi connectivity index (χ1n) is 5.88. The molecule has 0 aromatic heterocycles. The van der Waals surface area contributed by atoms with Gasteiger partial charge in [0.2, 0.25) is 0 Å². The molecule has 2 aromatic carbocycles. The van der Waals surface area contributed by atoms with Crippen LogP contribution in [0.1, 0.15) is 16.4 Å². The predicted molar refractivity (Wildman–Crippen MR) is 83.0 cm³/mol. The smallest absolute Gasteiger partial charge is 0.0467 e. The van der Waals surface area contributed by atoms with E-state index in [0.717, 1.165) is 4.47 Å². The summed E-state index contributed by atoms with van der Waals surface area (Å²) < 4.78 is 1.10. The lowest BCUT2D eigenvalue weighted by molar-refractivity contribution is 0.939. The topological polar surface area (TPSA) is 26.0 Å². The number of hydrogen-bond acceptors (Lipinski definition) is 2. The third kappa shape index (κ3) is 3.37. The molecule has 0 aliphatic rings. The highest BCUT2D eigenvalue weighted by atomic mass is 79.9. The molecule has 0 fully saturated rings. The number of aryl methyl sites for hydroxylation is 1. The van der Waals surface area contributed by atoms with E-state index in [1.165, 1.54) is 16.0 Å². The quantitative estimate of drug-likeness (QED) is 0.836. The maximum atomic E-state index is 5.92. The molecule has 0 saturated carbocycles. The van der Waals surface area contributed by atoms with E-state index in [2.05, 4.69) is 65.3 Å². The second kappa shape index (κ2) is 6.41. The van der Waals surface area contributed by atoms with E-state index >= 15 is 0 Å². The van der Waals surface area contributed by atoms with Crippen molar-refractivity contribution in [3.8, 4) is 0 Å². The molecule has 0 spiro atoms. The summed E-state index contributed by atoms with van der Waals surface area (Å²) in [6.07, 6.45) is 0. The van der Waals surface area contributed by atoms with Crippen molar-refractivity contribution in [1.29, 1.82) is 0 Å². The van der Waals surface area contributed by atoms with Crippen LogP contribution in [0.5, 0.6) is 0 Å². The Morgan fingerprint density at radius 2 is 1.94 bits per heavy atom. The third-order valence-corrected chi connectivity index (χ3v) is 4.75. The van der Waals surface area contributed by atoms with Crippen molar-refractivity contribution in [2.24, 2.45) is 5.73 Å². The van der Waals surface area contributed by atoms with Crippen LogP contribution < -0.4 is 5.73 Å². The minimum atomic E-state index is 0.295. The lowest BCUT2D eigenvalue weighted by atomic mass is 10.1. The molecule has 1 nitrogen and oxygen atoms in total. The number of benzene rings is 2. The molecule has 2 aromatic rings. The van der Waals surface area contributed by atoms with Crippen LogP contribution in [-0.2, 0) is 0 Å². The summed E-state index contributed by atoms with van der Waals surface area (Å²) in [6.45, 7) is 2.77. The van der Waals surface area contributed by atoms with Crippen LogP contribution in [0.4, 0.5) is 0 Å². The van der Waals surface area contributed by atoms with Crippen molar-refractivity contribution in [3.63, 3.8) is 0 Å². The highest BCUT2D eigenvalue weighted by Crippen LogP contribution is 2.36. The fourth-order valence-electron chi connectivity index (χ4n) is 1.80. The normalized spacial score (nSPS) is 12.4. The molecule has 94 valence electrons. The Balaban J connectivity index is 2.23. The Bertz CT molecular complexity index is 527. The van der Waals surface area contributed by atoms with Crippen molar-refractivity contribution >= 4 is 27.7 Å². The van der Waals surface area contributed by atoms with E-state index in [4.69, 9.17) is 5.73 Å². The maximum Gasteiger partial charge on any atom is 0.0467 e. The SMILES string of the molecule is Cc1ccccc1SC(CN)c1cccc(Br)c1. The van der Waals surface area contributed by atoms with Gasteiger partial charge in [0.15, 0.2) is 0 Å². The number of thioether (sulfide) groups is 1. The minimum Gasteiger partial charge on any atom is -0.329 e. The van der Waals surface area contributed by atoms with Crippen molar-refractivity contribution < 1.29 is 0 Å². The third-order valence-electron chi connectivity index (χ3n) is 2.80. The van der Waals surface area contributed by atoms with E-state index in [9.17, 15) is 0 Å². The van der Waals surface area contributed by atoms with Crippen LogP contribution >= 0.6 is 27.7 Å². The molecule has 0 heterocycles. The van der Waals surface area contributed by atoms with E-state index in [1.54, 1.807) is 0 Å². The van der Waals surface area contributed by atoms with Gasteiger partial charge in [0, 0.05) is 21.2 Å². The summed E-state index contributed by atoms with van der Waals surface area (Å²) in [5.74, 6) is 0. The van der Waals surface area contributed by atoms with Gasteiger partial charge >= 0.3 is 0 Å². The zero-order chi connectivity index (χ0) is 13.0. The lowest BCUT2D eigenvalue weighted by Crippen LogP contribution is -2.09. The molecular weight excluding hydrogens is 306 g/mol. The monoisotopic (exact) mass is 321 g/mol. The summed E-state index contributed by atoms with van der Waals surface area (Å²) in [4.78, 5) is 1.30. The zero-order valence-corrected chi connectivity index (χ0v) is 12.7. The number of rotatable bonds is 4. The van der Waals surface area contributed by atoms with Crippen molar-refractivity contribution in [2.75, 3.05) is 6.54 Å². The van der Waals surface area contributed by atoms with E-state index in [0.29, 0.717) is 11.8 Å². The molecule has 1 atom stereocenters. The fraction of sp³-hybridized carbons (Fsp3) is 0.200. The van der Waals surface area contributed by atoms with Crippen LogP contribution in [0.3, 0.4) is 0 Å². The van der Waals surface area contributed by atoms with E-state index < -0.39 is 0 Å². The standard InChI is InChI=1S/C15H16BrNS/c1-11-5-2-3-8-14(11)18-15(10-17)12-6-4-7-13(16)9-12/h2-9,15H,10,17H2,1H3. The predicted octanol–water partition coefficient (Wildman–Crippen LogP) is 4.55. The fourth-order valence-corrected chi connectivity index (χ4v) is 3.31. The van der Waals surface area contributed by atoms with Gasteiger partial charge in [-0.25, -0.2) is 0 Å². The summed E-state index contributed by atoms with van der Waals surface area (Å²) in [5.41, 5.74) is 8.48. The molecule has 18 heavy (non-hydrogen) atoms. The average molecular weight is 322 g/mol. The Kier molecular flexibility index (Phi) is 4.87. The largest absolute Gasteiger partial charge is 0.329 e. The molecular formula is C15H16BrNS. The van der Waals surface area contributed by atoms with Gasteiger partial charge in [0.05, 0.1) is 0 Å². The van der Waals surface area contributed by atoms with Gasteiger partial charge in [-0.05, 0) is 36.2 Å². The van der Waals surface area contributed by atoms with Gasteiger partial charge in [-0.15, -0.1) is 11.8 Å². The number of hydrogen-bond donors (Lipinski definition) is 1. The first kappa shape index (κ1) is 13.7. The van der Waals surface area contributed by atoms with E-state index in [-0.39, 0.29) is 0 Å². The molecule has 2 N–H and O–H groups in total. The Labute approximate surface area is 121 Å². The average Bonchev–Trinajstić information content (AvgIpc) is 2.38. The lowest BCUT2D eigenvalue weighted by Gasteiger charge is -2.16. The van der Waals surface area contributed by atoms with Crippen LogP contribution in [0.15, 0.2) is 57.9 Å². The molecule has 0 saturated heterocycles. The first-order chi connectivity index (χ1) is 8.70. The van der Waals surface area contributed by atoms with Gasteiger partial charge in [0.25, 0.3) is 0 Å². The molecule has 1 unspecified atom stereocenters. The summed E-state index contributed by atoms with van der Waals surface area (Å²) >= 11 is 5.34. The van der Waals surface area contributed by atoms with E-state index in [1.807, 2.05) is 17.8 Å². The van der Waals surface area contributed by atoms with Gasteiger partial charge in [-0.2, -0.15) is 0 Å². The molecule has 2 rings (SSSR count). The van der Waals surface area contributed by atoms with Gasteiger partial charge in [-0.1, -0.05) is 46.3 Å². The van der Waals surface area contributed by atoms with Gasteiger partial charge < -0.3 is 5.73 Å².